The van der Waals surface area contributed by atoms with E-state index in [-0.39, 0.29) is 31.1 Å². The van der Waals surface area contributed by atoms with E-state index in [0.29, 0.717) is 0 Å². The summed E-state index contributed by atoms with van der Waals surface area (Å²) in [6, 6.07) is 1.05. The Balaban J connectivity index is 2.32. The molecule has 0 saturated heterocycles. The molecule has 0 aliphatic heterocycles. The van der Waals surface area contributed by atoms with E-state index in [1.165, 1.54) is 16.8 Å². The normalized spacial score (nSPS) is 29.1. The Morgan fingerprint density at radius 2 is 1.87 bits per heavy atom. The van der Waals surface area contributed by atoms with E-state index < -0.39 is 11.2 Å². The van der Waals surface area contributed by atoms with Crippen molar-refractivity contribution in [3.05, 3.63) is 33.1 Å². The average Bonchev–Trinajstić information content (AvgIpc) is 2.91. The van der Waals surface area contributed by atoms with Gasteiger partial charge in [0.05, 0.1) is 0 Å². The summed E-state index contributed by atoms with van der Waals surface area (Å²) in [6.45, 7) is -0.136. The van der Waals surface area contributed by atoms with Gasteiger partial charge in [0.2, 0.25) is 0 Å². The van der Waals surface area contributed by atoms with Gasteiger partial charge in [-0.3, -0.25) is 14.3 Å². The molecule has 15 heavy (non-hydrogen) atoms. The van der Waals surface area contributed by atoms with Crippen LogP contribution in [0.1, 0.15) is 6.04 Å². The van der Waals surface area contributed by atoms with Crippen molar-refractivity contribution in [3.8, 4) is 0 Å². The third-order valence-corrected chi connectivity index (χ3v) is 2.88. The first kappa shape index (κ1) is 10.1. The van der Waals surface area contributed by atoms with Crippen molar-refractivity contribution in [2.75, 3.05) is 13.2 Å². The van der Waals surface area contributed by atoms with Crippen LogP contribution in [0.15, 0.2) is 21.9 Å². The lowest BCUT2D eigenvalue weighted by Gasteiger charge is -2.02. The third-order valence-electron chi connectivity index (χ3n) is 2.88. The first-order chi connectivity index (χ1) is 7.19. The van der Waals surface area contributed by atoms with Crippen LogP contribution in [0, 0.1) is 11.8 Å². The number of aliphatic hydroxyl groups is 2. The second-order valence-corrected chi connectivity index (χ2v) is 3.70. The fourth-order valence-electron chi connectivity index (χ4n) is 1.99. The van der Waals surface area contributed by atoms with Gasteiger partial charge in [0.1, 0.15) is 0 Å². The van der Waals surface area contributed by atoms with Gasteiger partial charge in [-0.15, -0.1) is 0 Å². The van der Waals surface area contributed by atoms with E-state index in [1.54, 1.807) is 0 Å². The molecule has 1 heterocycles. The summed E-state index contributed by atoms with van der Waals surface area (Å²) >= 11 is 0. The Morgan fingerprint density at radius 3 is 2.33 bits per heavy atom. The van der Waals surface area contributed by atoms with Crippen LogP contribution in [0.4, 0.5) is 0 Å². The highest BCUT2D eigenvalue weighted by atomic mass is 16.3. The molecular formula is C9H12N2O4. The molecule has 1 aromatic rings. The summed E-state index contributed by atoms with van der Waals surface area (Å²) in [5.41, 5.74) is -0.945. The zero-order valence-electron chi connectivity index (χ0n) is 7.96. The molecule has 1 fully saturated rings. The molecule has 0 amide bonds. The molecule has 0 bridgehead atoms. The summed E-state index contributed by atoms with van der Waals surface area (Å²) in [6.07, 6.45) is 1.39. The maximum Gasteiger partial charge on any atom is 0.328 e. The van der Waals surface area contributed by atoms with Gasteiger partial charge in [-0.25, -0.2) is 4.79 Å². The van der Waals surface area contributed by atoms with Gasteiger partial charge in [0, 0.05) is 43.4 Å². The van der Waals surface area contributed by atoms with Gasteiger partial charge in [-0.2, -0.15) is 0 Å². The number of aromatic amines is 1. The molecule has 2 rings (SSSR count). The summed E-state index contributed by atoms with van der Waals surface area (Å²) in [5.74, 6) is -0.197. The van der Waals surface area contributed by atoms with Crippen LogP contribution in [0.2, 0.25) is 0 Å². The van der Waals surface area contributed by atoms with Crippen LogP contribution in [0.25, 0.3) is 0 Å². The third kappa shape index (κ3) is 1.62. The number of rotatable bonds is 3. The molecule has 2 atom stereocenters. The summed E-state index contributed by atoms with van der Waals surface area (Å²) in [5, 5.41) is 18.0. The SMILES string of the molecule is O=c1ccn(C2C(CO)C2CO)c(=O)[nH]1. The lowest BCUT2D eigenvalue weighted by molar-refractivity contribution is 0.232. The quantitative estimate of drug-likeness (QED) is 0.557. The van der Waals surface area contributed by atoms with Crippen molar-refractivity contribution in [1.82, 2.24) is 9.55 Å². The summed E-state index contributed by atoms with van der Waals surface area (Å²) in [7, 11) is 0. The first-order valence-corrected chi connectivity index (χ1v) is 4.72. The largest absolute Gasteiger partial charge is 0.396 e. The molecule has 1 aliphatic rings. The van der Waals surface area contributed by atoms with E-state index in [1.807, 2.05) is 0 Å². The molecule has 0 spiro atoms. The van der Waals surface area contributed by atoms with Crippen LogP contribution in [0.3, 0.4) is 0 Å². The Hall–Kier alpha value is -1.40. The van der Waals surface area contributed by atoms with E-state index in [2.05, 4.69) is 4.98 Å². The highest BCUT2D eigenvalue weighted by Crippen LogP contribution is 2.48. The highest BCUT2D eigenvalue weighted by molar-refractivity contribution is 5.03. The fraction of sp³-hybridized carbons (Fsp3) is 0.556. The van der Waals surface area contributed by atoms with Crippen LogP contribution in [-0.4, -0.2) is 33.0 Å². The van der Waals surface area contributed by atoms with E-state index in [4.69, 9.17) is 10.2 Å². The number of hydrogen-bond acceptors (Lipinski definition) is 4. The Morgan fingerprint density at radius 1 is 1.27 bits per heavy atom. The van der Waals surface area contributed by atoms with Crippen molar-refractivity contribution < 1.29 is 10.2 Å². The predicted octanol–water partition coefficient (Wildman–Crippen LogP) is -1.69. The molecule has 82 valence electrons. The summed E-state index contributed by atoms with van der Waals surface area (Å²) < 4.78 is 1.35. The Labute approximate surface area is 84.8 Å². The van der Waals surface area contributed by atoms with Gasteiger partial charge in [-0.05, 0) is 0 Å². The van der Waals surface area contributed by atoms with Gasteiger partial charge in [0.15, 0.2) is 0 Å². The molecule has 1 aliphatic carbocycles. The molecule has 6 nitrogen and oxygen atoms in total. The number of aromatic nitrogens is 2. The molecule has 2 unspecified atom stereocenters. The van der Waals surface area contributed by atoms with Crippen molar-refractivity contribution in [1.29, 1.82) is 0 Å². The second-order valence-electron chi connectivity index (χ2n) is 3.70. The topological polar surface area (TPSA) is 95.3 Å². The minimum Gasteiger partial charge on any atom is -0.396 e. The maximum atomic E-state index is 11.4. The average molecular weight is 212 g/mol. The second kappa shape index (κ2) is 3.63. The van der Waals surface area contributed by atoms with Crippen LogP contribution in [-0.2, 0) is 0 Å². The smallest absolute Gasteiger partial charge is 0.328 e. The van der Waals surface area contributed by atoms with Crippen LogP contribution < -0.4 is 11.2 Å². The number of hydrogen-bond donors (Lipinski definition) is 3. The minimum absolute atomic E-state index is 0.0680. The lowest BCUT2D eigenvalue weighted by Crippen LogP contribution is -2.28. The standard InChI is InChI=1S/C9H12N2O4/c12-3-5-6(4-13)8(5)11-2-1-7(14)10-9(11)15/h1-2,5-6,8,12-13H,3-4H2,(H,10,14,15). The van der Waals surface area contributed by atoms with Crippen molar-refractivity contribution in [2.24, 2.45) is 11.8 Å². The number of nitrogens with one attached hydrogen (secondary N) is 1. The monoisotopic (exact) mass is 212 g/mol. The van der Waals surface area contributed by atoms with Crippen LogP contribution >= 0.6 is 0 Å². The molecular weight excluding hydrogens is 200 g/mol. The van der Waals surface area contributed by atoms with Crippen molar-refractivity contribution in [3.63, 3.8) is 0 Å². The minimum atomic E-state index is -0.498. The maximum absolute atomic E-state index is 11.4. The molecule has 6 heteroatoms. The van der Waals surface area contributed by atoms with E-state index in [0.717, 1.165) is 0 Å². The molecule has 3 N–H and O–H groups in total. The fourth-order valence-corrected chi connectivity index (χ4v) is 1.99. The van der Waals surface area contributed by atoms with Gasteiger partial charge < -0.3 is 10.2 Å². The number of H-pyrrole nitrogens is 1. The first-order valence-electron chi connectivity index (χ1n) is 4.72. The van der Waals surface area contributed by atoms with E-state index in [9.17, 15) is 9.59 Å². The molecule has 1 saturated carbocycles. The van der Waals surface area contributed by atoms with Gasteiger partial charge in [0.25, 0.3) is 5.56 Å². The lowest BCUT2D eigenvalue weighted by atomic mass is 10.3. The Bertz CT molecular complexity index is 454. The number of aliphatic hydroxyl groups excluding tert-OH is 2. The predicted molar refractivity (Wildman–Crippen MR) is 51.5 cm³/mol. The van der Waals surface area contributed by atoms with Gasteiger partial charge >= 0.3 is 5.69 Å². The number of nitrogens with zero attached hydrogens (tertiary/aromatic N) is 1. The van der Waals surface area contributed by atoms with E-state index >= 15 is 0 Å². The van der Waals surface area contributed by atoms with Crippen molar-refractivity contribution in [2.45, 2.75) is 6.04 Å². The molecule has 1 aromatic heterocycles. The van der Waals surface area contributed by atoms with Crippen molar-refractivity contribution >= 4 is 0 Å². The zero-order valence-corrected chi connectivity index (χ0v) is 7.96. The Kier molecular flexibility index (Phi) is 2.45. The molecule has 0 radical (unpaired) electrons. The molecule has 0 aromatic carbocycles. The van der Waals surface area contributed by atoms with Gasteiger partial charge in [-0.1, -0.05) is 0 Å². The highest BCUT2D eigenvalue weighted by Gasteiger charge is 2.50. The summed E-state index contributed by atoms with van der Waals surface area (Å²) in [4.78, 5) is 24.3. The zero-order chi connectivity index (χ0) is 11.0. The van der Waals surface area contributed by atoms with Crippen LogP contribution in [0.5, 0.6) is 0 Å².